The standard InChI is InChI=1S/C21H31N5S/c1-3-22-21(23-11-10-20-24-14-17(2)27-20)25-15-18-6-8-19(9-7-18)16-26-12-4-5-13-26/h6-9,14H,3-5,10-13,15-16H2,1-2H3,(H2,22,23,25). The molecule has 1 aromatic heterocycles. The summed E-state index contributed by atoms with van der Waals surface area (Å²) < 4.78 is 0. The number of benzene rings is 1. The Hall–Kier alpha value is -1.92. The third kappa shape index (κ3) is 6.63. The fraction of sp³-hybridized carbons (Fsp3) is 0.524. The summed E-state index contributed by atoms with van der Waals surface area (Å²) in [5, 5.41) is 7.90. The number of thiazole rings is 1. The van der Waals surface area contributed by atoms with E-state index in [1.54, 1.807) is 11.3 Å². The van der Waals surface area contributed by atoms with Crippen LogP contribution in [-0.2, 0) is 19.5 Å². The van der Waals surface area contributed by atoms with Gasteiger partial charge in [0.15, 0.2) is 5.96 Å². The smallest absolute Gasteiger partial charge is 0.191 e. The summed E-state index contributed by atoms with van der Waals surface area (Å²) in [6, 6.07) is 8.90. The zero-order valence-corrected chi connectivity index (χ0v) is 17.3. The average molecular weight is 386 g/mol. The van der Waals surface area contributed by atoms with Gasteiger partial charge in [0.1, 0.15) is 0 Å². The van der Waals surface area contributed by atoms with Crippen molar-refractivity contribution in [2.24, 2.45) is 4.99 Å². The van der Waals surface area contributed by atoms with Gasteiger partial charge in [-0.2, -0.15) is 0 Å². The minimum absolute atomic E-state index is 0.690. The minimum Gasteiger partial charge on any atom is -0.357 e. The second-order valence-electron chi connectivity index (χ2n) is 7.04. The normalized spacial score (nSPS) is 15.3. The lowest BCUT2D eigenvalue weighted by Gasteiger charge is -2.14. The molecule has 1 saturated heterocycles. The highest BCUT2D eigenvalue weighted by Crippen LogP contribution is 2.14. The van der Waals surface area contributed by atoms with E-state index >= 15 is 0 Å². The second kappa shape index (κ2) is 10.4. The molecule has 1 fully saturated rings. The number of rotatable bonds is 8. The van der Waals surface area contributed by atoms with E-state index < -0.39 is 0 Å². The van der Waals surface area contributed by atoms with Crippen molar-refractivity contribution in [2.45, 2.75) is 46.2 Å². The fourth-order valence-corrected chi connectivity index (χ4v) is 4.05. The topological polar surface area (TPSA) is 52.6 Å². The van der Waals surface area contributed by atoms with Gasteiger partial charge < -0.3 is 10.6 Å². The second-order valence-corrected chi connectivity index (χ2v) is 8.36. The molecule has 1 aliphatic rings. The lowest BCUT2D eigenvalue weighted by atomic mass is 10.1. The zero-order valence-electron chi connectivity index (χ0n) is 16.5. The van der Waals surface area contributed by atoms with Crippen LogP contribution in [0.4, 0.5) is 0 Å². The molecule has 2 heterocycles. The summed E-state index contributed by atoms with van der Waals surface area (Å²) in [5.41, 5.74) is 2.64. The van der Waals surface area contributed by atoms with Gasteiger partial charge in [0.2, 0.25) is 0 Å². The highest BCUT2D eigenvalue weighted by atomic mass is 32.1. The van der Waals surface area contributed by atoms with E-state index in [1.807, 2.05) is 6.20 Å². The van der Waals surface area contributed by atoms with E-state index in [9.17, 15) is 0 Å². The summed E-state index contributed by atoms with van der Waals surface area (Å²) in [7, 11) is 0. The molecular weight excluding hydrogens is 354 g/mol. The van der Waals surface area contributed by atoms with Crippen molar-refractivity contribution in [3.63, 3.8) is 0 Å². The van der Waals surface area contributed by atoms with Gasteiger partial charge >= 0.3 is 0 Å². The lowest BCUT2D eigenvalue weighted by Crippen LogP contribution is -2.38. The van der Waals surface area contributed by atoms with E-state index in [1.165, 1.54) is 46.9 Å². The molecular formula is C21H31N5S. The molecule has 3 rings (SSSR count). The van der Waals surface area contributed by atoms with Gasteiger partial charge in [0.25, 0.3) is 0 Å². The molecule has 27 heavy (non-hydrogen) atoms. The van der Waals surface area contributed by atoms with Gasteiger partial charge in [0, 0.05) is 37.1 Å². The van der Waals surface area contributed by atoms with Crippen LogP contribution in [0, 0.1) is 6.92 Å². The number of nitrogens with one attached hydrogen (secondary N) is 2. The van der Waals surface area contributed by atoms with Gasteiger partial charge in [-0.05, 0) is 50.9 Å². The molecule has 2 aromatic rings. The first kappa shape index (κ1) is 19.8. The molecule has 1 aliphatic heterocycles. The summed E-state index contributed by atoms with van der Waals surface area (Å²) >= 11 is 1.76. The molecule has 0 saturated carbocycles. The van der Waals surface area contributed by atoms with Crippen molar-refractivity contribution in [2.75, 3.05) is 26.2 Å². The van der Waals surface area contributed by atoms with Crippen molar-refractivity contribution < 1.29 is 0 Å². The zero-order chi connectivity index (χ0) is 18.9. The summed E-state index contributed by atoms with van der Waals surface area (Å²) in [6.45, 7) is 10.1. The van der Waals surface area contributed by atoms with Crippen LogP contribution in [0.25, 0.3) is 0 Å². The van der Waals surface area contributed by atoms with Crippen LogP contribution in [0.1, 0.15) is 40.8 Å². The van der Waals surface area contributed by atoms with Crippen molar-refractivity contribution in [3.8, 4) is 0 Å². The molecule has 2 N–H and O–H groups in total. The summed E-state index contributed by atoms with van der Waals surface area (Å²) in [6.07, 6.45) is 5.55. The monoisotopic (exact) mass is 385 g/mol. The van der Waals surface area contributed by atoms with Crippen LogP contribution < -0.4 is 10.6 Å². The van der Waals surface area contributed by atoms with Crippen LogP contribution in [0.5, 0.6) is 0 Å². The number of hydrogen-bond donors (Lipinski definition) is 2. The third-order valence-electron chi connectivity index (χ3n) is 4.69. The van der Waals surface area contributed by atoms with E-state index in [0.29, 0.717) is 6.54 Å². The van der Waals surface area contributed by atoms with Crippen LogP contribution in [0.15, 0.2) is 35.5 Å². The highest BCUT2D eigenvalue weighted by molar-refractivity contribution is 7.11. The fourth-order valence-electron chi connectivity index (χ4n) is 3.27. The maximum Gasteiger partial charge on any atom is 0.191 e. The molecule has 0 atom stereocenters. The van der Waals surface area contributed by atoms with Gasteiger partial charge in [-0.15, -0.1) is 11.3 Å². The van der Waals surface area contributed by atoms with Crippen molar-refractivity contribution in [1.82, 2.24) is 20.5 Å². The Kier molecular flexibility index (Phi) is 7.66. The Morgan fingerprint density at radius 1 is 1.15 bits per heavy atom. The van der Waals surface area contributed by atoms with Crippen molar-refractivity contribution >= 4 is 17.3 Å². The number of aromatic nitrogens is 1. The van der Waals surface area contributed by atoms with Gasteiger partial charge in [0.05, 0.1) is 11.6 Å². The van der Waals surface area contributed by atoms with Crippen LogP contribution in [0.2, 0.25) is 0 Å². The van der Waals surface area contributed by atoms with Crippen LogP contribution in [-0.4, -0.2) is 42.0 Å². The molecule has 0 unspecified atom stereocenters. The number of nitrogens with zero attached hydrogens (tertiary/aromatic N) is 3. The molecule has 0 bridgehead atoms. The summed E-state index contributed by atoms with van der Waals surface area (Å²) in [5.74, 6) is 0.868. The Labute approximate surface area is 166 Å². The number of aliphatic imine (C=N–C) groups is 1. The van der Waals surface area contributed by atoms with Crippen molar-refractivity contribution in [3.05, 3.63) is 51.5 Å². The third-order valence-corrected chi connectivity index (χ3v) is 5.66. The molecule has 1 aromatic carbocycles. The molecule has 0 aliphatic carbocycles. The molecule has 0 radical (unpaired) electrons. The highest BCUT2D eigenvalue weighted by Gasteiger charge is 2.11. The minimum atomic E-state index is 0.690. The Morgan fingerprint density at radius 3 is 2.56 bits per heavy atom. The quantitative estimate of drug-likeness (QED) is 0.540. The Bertz CT molecular complexity index is 716. The molecule has 0 spiro atoms. The number of guanidine groups is 1. The van der Waals surface area contributed by atoms with Gasteiger partial charge in [-0.25, -0.2) is 9.98 Å². The SMILES string of the molecule is CCNC(=NCc1ccc(CN2CCCC2)cc1)NCCc1ncc(C)s1. The number of aryl methyl sites for hydroxylation is 1. The van der Waals surface area contributed by atoms with Gasteiger partial charge in [-0.3, -0.25) is 4.90 Å². The van der Waals surface area contributed by atoms with E-state index in [-0.39, 0.29) is 0 Å². The molecule has 6 heteroatoms. The Morgan fingerprint density at radius 2 is 1.89 bits per heavy atom. The first-order chi connectivity index (χ1) is 13.2. The largest absolute Gasteiger partial charge is 0.357 e. The van der Waals surface area contributed by atoms with E-state index in [0.717, 1.165) is 32.0 Å². The predicted octanol–water partition coefficient (Wildman–Crippen LogP) is 3.35. The lowest BCUT2D eigenvalue weighted by molar-refractivity contribution is 0.331. The summed E-state index contributed by atoms with van der Waals surface area (Å²) in [4.78, 5) is 12.9. The number of hydrogen-bond acceptors (Lipinski definition) is 4. The molecule has 146 valence electrons. The molecule has 0 amide bonds. The Balaban J connectivity index is 1.47. The first-order valence-corrected chi connectivity index (χ1v) is 10.8. The van der Waals surface area contributed by atoms with E-state index in [4.69, 9.17) is 4.99 Å². The predicted molar refractivity (Wildman–Crippen MR) is 114 cm³/mol. The average Bonchev–Trinajstić information content (AvgIpc) is 3.33. The van der Waals surface area contributed by atoms with Crippen LogP contribution >= 0.6 is 11.3 Å². The van der Waals surface area contributed by atoms with E-state index in [2.05, 4.69) is 58.6 Å². The van der Waals surface area contributed by atoms with Crippen molar-refractivity contribution in [1.29, 1.82) is 0 Å². The maximum atomic E-state index is 4.72. The van der Waals surface area contributed by atoms with Crippen LogP contribution in [0.3, 0.4) is 0 Å². The maximum absolute atomic E-state index is 4.72. The molecule has 5 nitrogen and oxygen atoms in total. The number of likely N-dealkylation sites (tertiary alicyclic amines) is 1. The van der Waals surface area contributed by atoms with Gasteiger partial charge in [-0.1, -0.05) is 24.3 Å². The first-order valence-electron chi connectivity index (χ1n) is 9.96.